The molecule has 4 rings (SSSR count). The summed E-state index contributed by atoms with van der Waals surface area (Å²) in [5, 5.41) is 3.02. The Hall–Kier alpha value is -3.38. The highest BCUT2D eigenvalue weighted by Gasteiger charge is 2.19. The highest BCUT2D eigenvalue weighted by atomic mass is 16.5. The molecule has 6 heteroatoms. The number of nitrogens with one attached hydrogen (secondary N) is 1. The molecule has 30 heavy (non-hydrogen) atoms. The molecule has 0 aliphatic carbocycles. The third-order valence-electron chi connectivity index (χ3n) is 5.08. The van der Waals surface area contributed by atoms with Crippen molar-refractivity contribution in [3.05, 3.63) is 84.6 Å². The van der Waals surface area contributed by atoms with E-state index in [1.165, 1.54) is 0 Å². The molecule has 6 nitrogen and oxygen atoms in total. The van der Waals surface area contributed by atoms with Crippen LogP contribution in [0.3, 0.4) is 0 Å². The molecule has 0 bridgehead atoms. The van der Waals surface area contributed by atoms with Crippen molar-refractivity contribution < 1.29 is 9.53 Å². The van der Waals surface area contributed by atoms with Crippen LogP contribution in [0.4, 0.5) is 5.82 Å². The summed E-state index contributed by atoms with van der Waals surface area (Å²) in [5.74, 6) is 2.59. The first-order chi connectivity index (χ1) is 14.8. The van der Waals surface area contributed by atoms with Gasteiger partial charge in [-0.05, 0) is 42.0 Å². The zero-order valence-corrected chi connectivity index (χ0v) is 16.9. The smallest absolute Gasteiger partial charge is 0.234 e. The number of hydrogen-bond acceptors (Lipinski definition) is 5. The van der Waals surface area contributed by atoms with Crippen LogP contribution in [0.1, 0.15) is 5.56 Å². The number of piperazine rings is 1. The number of anilines is 1. The second-order valence-corrected chi connectivity index (χ2v) is 7.29. The van der Waals surface area contributed by atoms with Gasteiger partial charge in [-0.3, -0.25) is 9.69 Å². The minimum absolute atomic E-state index is 0.0377. The molecule has 3 aromatic rings. The molecule has 0 radical (unpaired) electrons. The van der Waals surface area contributed by atoms with Gasteiger partial charge in [-0.1, -0.05) is 36.4 Å². The Morgan fingerprint density at radius 3 is 2.43 bits per heavy atom. The molecular weight excluding hydrogens is 376 g/mol. The average Bonchev–Trinajstić information content (AvgIpc) is 2.80. The SMILES string of the molecule is O=C(CN1CCN(c2ccccn2)CC1)NCc1cccc(Oc2ccccc2)c1. The molecule has 1 aromatic heterocycles. The molecule has 2 heterocycles. The minimum Gasteiger partial charge on any atom is -0.457 e. The van der Waals surface area contributed by atoms with Crippen LogP contribution in [0, 0.1) is 0 Å². The van der Waals surface area contributed by atoms with Gasteiger partial charge in [0, 0.05) is 38.9 Å². The monoisotopic (exact) mass is 402 g/mol. The molecule has 2 aromatic carbocycles. The summed E-state index contributed by atoms with van der Waals surface area (Å²) in [5.41, 5.74) is 1.01. The lowest BCUT2D eigenvalue weighted by Gasteiger charge is -2.34. The first-order valence-corrected chi connectivity index (χ1v) is 10.2. The summed E-state index contributed by atoms with van der Waals surface area (Å²) in [7, 11) is 0. The lowest BCUT2D eigenvalue weighted by molar-refractivity contribution is -0.122. The van der Waals surface area contributed by atoms with Gasteiger partial charge < -0.3 is 15.0 Å². The summed E-state index contributed by atoms with van der Waals surface area (Å²) >= 11 is 0. The maximum absolute atomic E-state index is 12.4. The van der Waals surface area contributed by atoms with Crippen LogP contribution in [-0.4, -0.2) is 48.5 Å². The molecule has 0 spiro atoms. The van der Waals surface area contributed by atoms with Crippen molar-refractivity contribution in [1.82, 2.24) is 15.2 Å². The Morgan fingerprint density at radius 2 is 1.67 bits per heavy atom. The van der Waals surface area contributed by atoms with Gasteiger partial charge in [0.2, 0.25) is 5.91 Å². The Bertz CT molecular complexity index is 942. The van der Waals surface area contributed by atoms with E-state index in [0.29, 0.717) is 13.1 Å². The van der Waals surface area contributed by atoms with Crippen LogP contribution in [-0.2, 0) is 11.3 Å². The number of para-hydroxylation sites is 1. The molecule has 1 saturated heterocycles. The predicted molar refractivity (Wildman–Crippen MR) is 118 cm³/mol. The molecule has 0 saturated carbocycles. The molecular formula is C24H26N4O2. The number of pyridine rings is 1. The lowest BCUT2D eigenvalue weighted by atomic mass is 10.2. The zero-order chi connectivity index (χ0) is 20.6. The van der Waals surface area contributed by atoms with Gasteiger partial charge in [-0.25, -0.2) is 4.98 Å². The lowest BCUT2D eigenvalue weighted by Crippen LogP contribution is -2.49. The van der Waals surface area contributed by atoms with Gasteiger partial charge in [0.1, 0.15) is 17.3 Å². The minimum atomic E-state index is 0.0377. The number of hydrogen-bond donors (Lipinski definition) is 1. The van der Waals surface area contributed by atoms with Gasteiger partial charge in [0.25, 0.3) is 0 Å². The van der Waals surface area contributed by atoms with Gasteiger partial charge >= 0.3 is 0 Å². The maximum atomic E-state index is 12.4. The Balaban J connectivity index is 1.22. The van der Waals surface area contributed by atoms with E-state index in [9.17, 15) is 4.79 Å². The molecule has 1 fully saturated rings. The van der Waals surface area contributed by atoms with Gasteiger partial charge in [0.15, 0.2) is 0 Å². The average molecular weight is 402 g/mol. The van der Waals surface area contributed by atoms with Crippen molar-refractivity contribution >= 4 is 11.7 Å². The molecule has 1 aliphatic heterocycles. The second kappa shape index (κ2) is 9.89. The Labute approximate surface area is 177 Å². The molecule has 0 unspecified atom stereocenters. The van der Waals surface area contributed by atoms with E-state index in [4.69, 9.17) is 4.74 Å². The van der Waals surface area contributed by atoms with Crippen LogP contribution in [0.5, 0.6) is 11.5 Å². The fourth-order valence-corrected chi connectivity index (χ4v) is 3.48. The molecule has 154 valence electrons. The van der Waals surface area contributed by atoms with Crippen molar-refractivity contribution in [3.8, 4) is 11.5 Å². The highest BCUT2D eigenvalue weighted by molar-refractivity contribution is 5.78. The summed E-state index contributed by atoms with van der Waals surface area (Å²) in [6.45, 7) is 4.36. The first-order valence-electron chi connectivity index (χ1n) is 10.2. The number of benzene rings is 2. The second-order valence-electron chi connectivity index (χ2n) is 7.29. The number of nitrogens with zero attached hydrogens (tertiary/aromatic N) is 3. The fourth-order valence-electron chi connectivity index (χ4n) is 3.48. The van der Waals surface area contributed by atoms with Crippen molar-refractivity contribution in [3.63, 3.8) is 0 Å². The number of carbonyl (C=O) groups excluding carboxylic acids is 1. The number of carbonyl (C=O) groups is 1. The Kier molecular flexibility index (Phi) is 6.57. The van der Waals surface area contributed by atoms with E-state index in [0.717, 1.165) is 49.1 Å². The van der Waals surface area contributed by atoms with E-state index in [-0.39, 0.29) is 5.91 Å². The van der Waals surface area contributed by atoms with Crippen molar-refractivity contribution in [2.24, 2.45) is 0 Å². The van der Waals surface area contributed by atoms with E-state index < -0.39 is 0 Å². The quantitative estimate of drug-likeness (QED) is 0.657. The highest BCUT2D eigenvalue weighted by Crippen LogP contribution is 2.21. The van der Waals surface area contributed by atoms with Crippen LogP contribution in [0.15, 0.2) is 79.0 Å². The van der Waals surface area contributed by atoms with Crippen LogP contribution < -0.4 is 15.0 Å². The summed E-state index contributed by atoms with van der Waals surface area (Å²) in [4.78, 5) is 21.2. The zero-order valence-electron chi connectivity index (χ0n) is 16.9. The number of ether oxygens (including phenoxy) is 1. The van der Waals surface area contributed by atoms with E-state index >= 15 is 0 Å². The van der Waals surface area contributed by atoms with E-state index in [1.54, 1.807) is 0 Å². The van der Waals surface area contributed by atoms with Crippen LogP contribution in [0.25, 0.3) is 0 Å². The largest absolute Gasteiger partial charge is 0.457 e. The predicted octanol–water partition coefficient (Wildman–Crippen LogP) is 3.31. The van der Waals surface area contributed by atoms with E-state index in [2.05, 4.69) is 20.1 Å². The molecule has 1 N–H and O–H groups in total. The maximum Gasteiger partial charge on any atom is 0.234 e. The van der Waals surface area contributed by atoms with E-state index in [1.807, 2.05) is 79.0 Å². The van der Waals surface area contributed by atoms with Crippen LogP contribution in [0.2, 0.25) is 0 Å². The normalized spacial score (nSPS) is 14.3. The first kappa shape index (κ1) is 19.9. The third-order valence-corrected chi connectivity index (χ3v) is 5.08. The van der Waals surface area contributed by atoms with Gasteiger partial charge in [0.05, 0.1) is 6.54 Å². The Morgan fingerprint density at radius 1 is 0.900 bits per heavy atom. The topological polar surface area (TPSA) is 57.7 Å². The summed E-state index contributed by atoms with van der Waals surface area (Å²) in [6.07, 6.45) is 1.81. The van der Waals surface area contributed by atoms with Gasteiger partial charge in [-0.15, -0.1) is 0 Å². The number of amides is 1. The van der Waals surface area contributed by atoms with Crippen LogP contribution >= 0.6 is 0 Å². The molecule has 0 atom stereocenters. The van der Waals surface area contributed by atoms with Crippen molar-refractivity contribution in [1.29, 1.82) is 0 Å². The third kappa shape index (κ3) is 5.58. The molecule has 1 aliphatic rings. The van der Waals surface area contributed by atoms with Crippen molar-refractivity contribution in [2.45, 2.75) is 6.54 Å². The van der Waals surface area contributed by atoms with Gasteiger partial charge in [-0.2, -0.15) is 0 Å². The van der Waals surface area contributed by atoms with Crippen molar-refractivity contribution in [2.75, 3.05) is 37.6 Å². The molecule has 1 amide bonds. The number of rotatable bonds is 7. The standard InChI is InChI=1S/C24H26N4O2/c29-24(19-27-13-15-28(16-14-27)23-11-4-5-12-25-23)26-18-20-7-6-10-22(17-20)30-21-8-2-1-3-9-21/h1-12,17H,13-16,18-19H2,(H,26,29). The summed E-state index contributed by atoms with van der Waals surface area (Å²) in [6, 6.07) is 23.4. The summed E-state index contributed by atoms with van der Waals surface area (Å²) < 4.78 is 5.86. The number of aromatic nitrogens is 1. The fraction of sp³-hybridized carbons (Fsp3) is 0.250.